The number of hydrogen-bond acceptors (Lipinski definition) is 6. The molecule has 3 rings (SSSR count). The van der Waals surface area contributed by atoms with Crippen LogP contribution < -0.4 is 11.5 Å². The lowest BCUT2D eigenvalue weighted by Gasteiger charge is -2.08. The normalized spacial score (nSPS) is 12.1. The molecular weight excluding hydrogens is 396 g/mol. The lowest BCUT2D eigenvalue weighted by atomic mass is 10.1. The fourth-order valence-corrected chi connectivity index (χ4v) is 4.25. The quantitative estimate of drug-likeness (QED) is 0.281. The molecule has 1 heterocycles. The van der Waals surface area contributed by atoms with Crippen LogP contribution in [0.5, 0.6) is 0 Å². The van der Waals surface area contributed by atoms with E-state index in [9.17, 15) is 18.5 Å². The van der Waals surface area contributed by atoms with Crippen molar-refractivity contribution in [3.8, 4) is 0 Å². The first-order valence-electron chi connectivity index (χ1n) is 8.36. The van der Waals surface area contributed by atoms with Crippen LogP contribution in [0.4, 0.5) is 5.69 Å². The van der Waals surface area contributed by atoms with E-state index in [-0.39, 0.29) is 16.5 Å². The summed E-state index contributed by atoms with van der Waals surface area (Å²) in [6.07, 6.45) is 1.40. The summed E-state index contributed by atoms with van der Waals surface area (Å²) in [6.45, 7) is 3.47. The van der Waals surface area contributed by atoms with Gasteiger partial charge < -0.3 is 11.5 Å². The number of nitrogens with zero attached hydrogens (tertiary/aromatic N) is 4. The lowest BCUT2D eigenvalue weighted by Crippen LogP contribution is -2.22. The lowest BCUT2D eigenvalue weighted by molar-refractivity contribution is -0.385. The second-order valence-corrected chi connectivity index (χ2v) is 8.14. The van der Waals surface area contributed by atoms with Crippen LogP contribution in [0.3, 0.4) is 0 Å². The molecule has 0 unspecified atom stereocenters. The van der Waals surface area contributed by atoms with Crippen molar-refractivity contribution in [2.24, 2.45) is 21.7 Å². The second-order valence-electron chi connectivity index (χ2n) is 6.33. The van der Waals surface area contributed by atoms with Gasteiger partial charge >= 0.3 is 0 Å². The Kier molecular flexibility index (Phi) is 5.08. The van der Waals surface area contributed by atoms with Crippen LogP contribution in [-0.4, -0.2) is 29.0 Å². The maximum atomic E-state index is 13.3. The molecule has 150 valence electrons. The van der Waals surface area contributed by atoms with E-state index >= 15 is 0 Å². The highest BCUT2D eigenvalue weighted by Crippen LogP contribution is 2.28. The van der Waals surface area contributed by atoms with E-state index in [1.165, 1.54) is 24.4 Å². The smallest absolute Gasteiger partial charge is 0.270 e. The summed E-state index contributed by atoms with van der Waals surface area (Å²) in [7, 11) is -4.11. The molecule has 4 N–H and O–H groups in total. The van der Waals surface area contributed by atoms with Gasteiger partial charge in [0.1, 0.15) is 0 Å². The molecule has 29 heavy (non-hydrogen) atoms. The fourth-order valence-electron chi connectivity index (χ4n) is 2.85. The fraction of sp³-hybridized carbons (Fsp3) is 0.111. The van der Waals surface area contributed by atoms with Gasteiger partial charge in [0, 0.05) is 29.3 Å². The van der Waals surface area contributed by atoms with Crippen molar-refractivity contribution in [3.63, 3.8) is 0 Å². The Hall–Kier alpha value is -3.73. The predicted octanol–water partition coefficient (Wildman–Crippen LogP) is 2.09. The van der Waals surface area contributed by atoms with Gasteiger partial charge in [-0.3, -0.25) is 10.1 Å². The molecule has 3 aromatic rings. The number of nitro groups is 1. The number of fused-ring (bicyclic) bond motifs is 1. The maximum Gasteiger partial charge on any atom is 0.270 e. The zero-order valence-corrected chi connectivity index (χ0v) is 16.4. The molecular formula is C18H18N6O4S. The standard InChI is InChI=1S/C18H18N6O4S/c1-11-6-7-15-16(12(2)21-22-18(19)20)10-23(17(15)8-11)29(27,28)14-5-3-4-13(9-14)24(25)26/h3-10H,1-2H3,(H4,19,20,22)/b21-12+. The average molecular weight is 414 g/mol. The molecule has 0 saturated heterocycles. The Labute approximate surface area is 166 Å². The third kappa shape index (κ3) is 3.80. The molecule has 0 spiro atoms. The van der Waals surface area contributed by atoms with E-state index in [0.717, 1.165) is 15.6 Å². The van der Waals surface area contributed by atoms with Crippen LogP contribution in [0.2, 0.25) is 0 Å². The highest BCUT2D eigenvalue weighted by Gasteiger charge is 2.24. The first kappa shape index (κ1) is 20.0. The number of nitrogens with two attached hydrogens (primary N) is 2. The summed E-state index contributed by atoms with van der Waals surface area (Å²) in [5.41, 5.74) is 12.5. The molecule has 0 bridgehead atoms. The largest absolute Gasteiger partial charge is 0.369 e. The van der Waals surface area contributed by atoms with Gasteiger partial charge in [-0.1, -0.05) is 18.2 Å². The monoisotopic (exact) mass is 414 g/mol. The van der Waals surface area contributed by atoms with Crippen molar-refractivity contribution >= 4 is 38.3 Å². The minimum absolute atomic E-state index is 0.199. The van der Waals surface area contributed by atoms with Crippen molar-refractivity contribution in [2.45, 2.75) is 18.7 Å². The van der Waals surface area contributed by atoms with Gasteiger partial charge in [-0.2, -0.15) is 5.10 Å². The van der Waals surface area contributed by atoms with Gasteiger partial charge in [0.15, 0.2) is 0 Å². The summed E-state index contributed by atoms with van der Waals surface area (Å²) >= 11 is 0. The minimum atomic E-state index is -4.11. The van der Waals surface area contributed by atoms with Gasteiger partial charge in [-0.25, -0.2) is 12.4 Å². The van der Waals surface area contributed by atoms with Crippen molar-refractivity contribution in [2.75, 3.05) is 0 Å². The molecule has 0 amide bonds. The summed E-state index contributed by atoms with van der Waals surface area (Å²) in [5, 5.41) is 19.2. The Morgan fingerprint density at radius 1 is 1.14 bits per heavy atom. The molecule has 0 fully saturated rings. The van der Waals surface area contributed by atoms with E-state index in [1.54, 1.807) is 19.1 Å². The van der Waals surface area contributed by atoms with Gasteiger partial charge in [0.2, 0.25) is 5.96 Å². The molecule has 0 aliphatic carbocycles. The van der Waals surface area contributed by atoms with Crippen LogP contribution in [0.25, 0.3) is 10.9 Å². The molecule has 0 aliphatic rings. The van der Waals surface area contributed by atoms with E-state index in [1.807, 2.05) is 13.0 Å². The summed E-state index contributed by atoms with van der Waals surface area (Å²) in [6, 6.07) is 10.2. The zero-order valence-electron chi connectivity index (χ0n) is 15.6. The number of rotatable bonds is 5. The Balaban J connectivity index is 2.28. The number of guanidine groups is 1. The molecule has 2 aromatic carbocycles. The molecule has 10 nitrogen and oxygen atoms in total. The highest BCUT2D eigenvalue weighted by molar-refractivity contribution is 7.90. The average Bonchev–Trinajstić information content (AvgIpc) is 3.05. The van der Waals surface area contributed by atoms with E-state index < -0.39 is 14.9 Å². The SMILES string of the molecule is C/C(=N\N=C(N)N)c1cn(S(=O)(=O)c2cccc([N+](=O)[O-])c2)c2cc(C)ccc12. The third-order valence-electron chi connectivity index (χ3n) is 4.22. The number of non-ortho nitro benzene ring substituents is 1. The number of nitro benzene ring substituents is 1. The zero-order chi connectivity index (χ0) is 21.3. The van der Waals surface area contributed by atoms with E-state index in [2.05, 4.69) is 10.2 Å². The van der Waals surface area contributed by atoms with Crippen molar-refractivity contribution in [1.29, 1.82) is 0 Å². The van der Waals surface area contributed by atoms with Crippen LogP contribution >= 0.6 is 0 Å². The molecule has 11 heteroatoms. The van der Waals surface area contributed by atoms with Gasteiger partial charge in [0.05, 0.1) is 21.0 Å². The minimum Gasteiger partial charge on any atom is -0.369 e. The van der Waals surface area contributed by atoms with Crippen LogP contribution in [0, 0.1) is 17.0 Å². The van der Waals surface area contributed by atoms with Crippen LogP contribution in [-0.2, 0) is 10.0 Å². The van der Waals surface area contributed by atoms with Gasteiger partial charge in [-0.05, 0) is 31.5 Å². The van der Waals surface area contributed by atoms with Crippen LogP contribution in [0.15, 0.2) is 63.8 Å². The van der Waals surface area contributed by atoms with E-state index in [0.29, 0.717) is 22.2 Å². The van der Waals surface area contributed by atoms with E-state index in [4.69, 9.17) is 11.5 Å². The Bertz CT molecular complexity index is 1290. The molecule has 0 atom stereocenters. The topological polar surface area (TPSA) is 159 Å². The molecule has 0 saturated carbocycles. The molecule has 0 aliphatic heterocycles. The Morgan fingerprint density at radius 3 is 2.52 bits per heavy atom. The first-order chi connectivity index (χ1) is 13.6. The first-order valence-corrected chi connectivity index (χ1v) is 9.80. The number of aryl methyl sites for hydroxylation is 1. The van der Waals surface area contributed by atoms with Crippen LogP contribution in [0.1, 0.15) is 18.1 Å². The predicted molar refractivity (Wildman–Crippen MR) is 110 cm³/mol. The Morgan fingerprint density at radius 2 is 1.86 bits per heavy atom. The number of hydrogen-bond donors (Lipinski definition) is 2. The van der Waals surface area contributed by atoms with Gasteiger partial charge in [0.25, 0.3) is 15.7 Å². The third-order valence-corrected chi connectivity index (χ3v) is 5.89. The van der Waals surface area contributed by atoms with Crippen molar-refractivity contribution in [3.05, 3.63) is 69.9 Å². The molecule has 0 radical (unpaired) electrons. The number of aromatic nitrogens is 1. The molecule has 1 aromatic heterocycles. The maximum absolute atomic E-state index is 13.3. The second kappa shape index (κ2) is 7.36. The van der Waals surface area contributed by atoms with Gasteiger partial charge in [-0.15, -0.1) is 5.10 Å². The highest BCUT2D eigenvalue weighted by atomic mass is 32.2. The summed E-state index contributed by atoms with van der Waals surface area (Å²) in [5.74, 6) is -0.229. The summed E-state index contributed by atoms with van der Waals surface area (Å²) < 4.78 is 27.6. The number of benzene rings is 2. The summed E-state index contributed by atoms with van der Waals surface area (Å²) in [4.78, 5) is 10.2. The van der Waals surface area contributed by atoms with Crippen molar-refractivity contribution in [1.82, 2.24) is 3.97 Å². The van der Waals surface area contributed by atoms with Crippen molar-refractivity contribution < 1.29 is 13.3 Å².